The molecule has 1 saturated heterocycles. The zero-order valence-corrected chi connectivity index (χ0v) is 10.6. The highest BCUT2D eigenvalue weighted by atomic mass is 16.5. The molecule has 1 heterocycles. The van der Waals surface area contributed by atoms with Gasteiger partial charge in [0.1, 0.15) is 0 Å². The molecule has 2 atom stereocenters. The van der Waals surface area contributed by atoms with Gasteiger partial charge in [0.2, 0.25) is 0 Å². The van der Waals surface area contributed by atoms with Gasteiger partial charge in [-0.3, -0.25) is 0 Å². The lowest BCUT2D eigenvalue weighted by atomic mass is 9.85. The van der Waals surface area contributed by atoms with Crippen molar-refractivity contribution in [1.82, 2.24) is 4.90 Å². The van der Waals surface area contributed by atoms with Crippen LogP contribution >= 0.6 is 0 Å². The van der Waals surface area contributed by atoms with Crippen LogP contribution in [0.1, 0.15) is 33.6 Å². The van der Waals surface area contributed by atoms with Gasteiger partial charge in [-0.05, 0) is 19.9 Å². The number of nitrogens with two attached hydrogens (primary N) is 1. The summed E-state index contributed by atoms with van der Waals surface area (Å²) >= 11 is 0. The van der Waals surface area contributed by atoms with Gasteiger partial charge in [0.15, 0.2) is 0 Å². The summed E-state index contributed by atoms with van der Waals surface area (Å²) in [5.41, 5.74) is 6.23. The summed E-state index contributed by atoms with van der Waals surface area (Å²) in [5.74, 6) is 0. The normalized spacial score (nSPS) is 31.8. The van der Waals surface area contributed by atoms with Crippen LogP contribution < -0.4 is 5.73 Å². The third kappa shape index (κ3) is 2.92. The van der Waals surface area contributed by atoms with Crippen LogP contribution in [0.15, 0.2) is 0 Å². The molecule has 90 valence electrons. The molecule has 3 heteroatoms. The van der Waals surface area contributed by atoms with Gasteiger partial charge in [0.25, 0.3) is 0 Å². The summed E-state index contributed by atoms with van der Waals surface area (Å²) < 4.78 is 5.47. The van der Waals surface area contributed by atoms with E-state index >= 15 is 0 Å². The van der Waals surface area contributed by atoms with Gasteiger partial charge in [-0.25, -0.2) is 0 Å². The van der Waals surface area contributed by atoms with Crippen molar-refractivity contribution < 1.29 is 4.74 Å². The van der Waals surface area contributed by atoms with Gasteiger partial charge in [-0.2, -0.15) is 0 Å². The van der Waals surface area contributed by atoms with Crippen molar-refractivity contribution in [3.05, 3.63) is 0 Å². The fraction of sp³-hybridized carbons (Fsp3) is 1.00. The molecule has 0 aromatic carbocycles. The number of hydrogen-bond acceptors (Lipinski definition) is 3. The Kier molecular flexibility index (Phi) is 4.56. The Morgan fingerprint density at radius 2 is 2.07 bits per heavy atom. The zero-order valence-electron chi connectivity index (χ0n) is 10.6. The van der Waals surface area contributed by atoms with E-state index in [2.05, 4.69) is 32.7 Å². The lowest BCUT2D eigenvalue weighted by Gasteiger charge is -2.35. The predicted octanol–water partition coefficient (Wildman–Crippen LogP) is 1.47. The molecular weight excluding hydrogens is 188 g/mol. The summed E-state index contributed by atoms with van der Waals surface area (Å²) in [6.45, 7) is 9.30. The molecule has 0 amide bonds. The Hall–Kier alpha value is -0.120. The highest BCUT2D eigenvalue weighted by molar-refractivity contribution is 4.92. The molecule has 0 aromatic heterocycles. The van der Waals surface area contributed by atoms with Gasteiger partial charge in [0.05, 0.1) is 13.2 Å². The van der Waals surface area contributed by atoms with Gasteiger partial charge < -0.3 is 15.4 Å². The quantitative estimate of drug-likeness (QED) is 0.753. The first-order valence-electron chi connectivity index (χ1n) is 6.07. The molecule has 1 rings (SSSR count). The largest absolute Gasteiger partial charge is 0.379 e. The van der Waals surface area contributed by atoms with Crippen LogP contribution in [0.5, 0.6) is 0 Å². The van der Waals surface area contributed by atoms with E-state index in [1.165, 1.54) is 12.8 Å². The Morgan fingerprint density at radius 3 is 2.47 bits per heavy atom. The van der Waals surface area contributed by atoms with Crippen molar-refractivity contribution in [3.63, 3.8) is 0 Å². The van der Waals surface area contributed by atoms with Crippen molar-refractivity contribution in [3.8, 4) is 0 Å². The van der Waals surface area contributed by atoms with Gasteiger partial charge in [-0.1, -0.05) is 20.8 Å². The number of nitrogens with zero attached hydrogens (tertiary/aromatic N) is 1. The first-order chi connectivity index (χ1) is 7.03. The first-order valence-corrected chi connectivity index (χ1v) is 6.07. The Morgan fingerprint density at radius 1 is 1.47 bits per heavy atom. The molecule has 2 N–H and O–H groups in total. The van der Waals surface area contributed by atoms with E-state index in [4.69, 9.17) is 10.5 Å². The van der Waals surface area contributed by atoms with E-state index < -0.39 is 0 Å². The minimum atomic E-state index is 0.136. The van der Waals surface area contributed by atoms with Crippen LogP contribution in [-0.4, -0.2) is 43.8 Å². The van der Waals surface area contributed by atoms with E-state index in [-0.39, 0.29) is 11.5 Å². The Balaban J connectivity index is 2.52. The van der Waals surface area contributed by atoms with Crippen molar-refractivity contribution in [1.29, 1.82) is 0 Å². The minimum Gasteiger partial charge on any atom is -0.379 e. The Bertz CT molecular complexity index is 194. The smallest absolute Gasteiger partial charge is 0.0624 e. The molecular formula is C12H26N2O. The fourth-order valence-corrected chi connectivity index (χ4v) is 2.50. The third-order valence-corrected chi connectivity index (χ3v) is 3.80. The van der Waals surface area contributed by atoms with Crippen LogP contribution in [0, 0.1) is 5.41 Å². The maximum atomic E-state index is 6.09. The minimum absolute atomic E-state index is 0.136. The van der Waals surface area contributed by atoms with Crippen LogP contribution in [0.25, 0.3) is 0 Å². The second-order valence-electron chi connectivity index (χ2n) is 5.16. The second kappa shape index (κ2) is 5.28. The van der Waals surface area contributed by atoms with Gasteiger partial charge >= 0.3 is 0 Å². The van der Waals surface area contributed by atoms with Crippen LogP contribution in [-0.2, 0) is 4.74 Å². The molecule has 0 spiro atoms. The predicted molar refractivity (Wildman–Crippen MR) is 63.9 cm³/mol. The molecule has 1 aliphatic heterocycles. The summed E-state index contributed by atoms with van der Waals surface area (Å²) in [7, 11) is 2.20. The molecule has 0 bridgehead atoms. The maximum absolute atomic E-state index is 6.09. The first kappa shape index (κ1) is 12.9. The topological polar surface area (TPSA) is 38.5 Å². The summed E-state index contributed by atoms with van der Waals surface area (Å²) in [5, 5.41) is 0. The number of hydrogen-bond donors (Lipinski definition) is 1. The highest BCUT2D eigenvalue weighted by Crippen LogP contribution is 2.28. The SMILES string of the molecule is CCC(CC)N(C)CC1(C)COCC1N. The maximum Gasteiger partial charge on any atom is 0.0624 e. The average molecular weight is 214 g/mol. The Labute approximate surface area is 94.0 Å². The van der Waals surface area contributed by atoms with Gasteiger partial charge in [-0.15, -0.1) is 0 Å². The average Bonchev–Trinajstić information content (AvgIpc) is 2.48. The van der Waals surface area contributed by atoms with Crippen molar-refractivity contribution in [2.24, 2.45) is 11.1 Å². The summed E-state index contributed by atoms with van der Waals surface area (Å²) in [6, 6.07) is 0.865. The van der Waals surface area contributed by atoms with Crippen molar-refractivity contribution in [2.45, 2.75) is 45.7 Å². The van der Waals surface area contributed by atoms with Gasteiger partial charge in [0, 0.05) is 24.0 Å². The van der Waals surface area contributed by atoms with Crippen molar-refractivity contribution in [2.75, 3.05) is 26.8 Å². The molecule has 0 radical (unpaired) electrons. The van der Waals surface area contributed by atoms with Crippen LogP contribution in [0.4, 0.5) is 0 Å². The molecule has 1 aliphatic rings. The summed E-state index contributed by atoms with van der Waals surface area (Å²) in [4.78, 5) is 2.44. The molecule has 1 fully saturated rings. The molecule has 2 unspecified atom stereocenters. The lowest BCUT2D eigenvalue weighted by molar-refractivity contribution is 0.108. The van der Waals surface area contributed by atoms with Crippen molar-refractivity contribution >= 4 is 0 Å². The van der Waals surface area contributed by atoms with E-state index in [0.29, 0.717) is 12.6 Å². The standard InChI is InChI=1S/C12H26N2O/c1-5-10(6-2)14(4)8-12(3)9-15-7-11(12)13/h10-11H,5-9,13H2,1-4H3. The molecule has 15 heavy (non-hydrogen) atoms. The van der Waals surface area contributed by atoms with E-state index in [9.17, 15) is 0 Å². The molecule has 0 saturated carbocycles. The molecule has 0 aliphatic carbocycles. The second-order valence-corrected chi connectivity index (χ2v) is 5.16. The molecule has 0 aromatic rings. The van der Waals surface area contributed by atoms with Crippen LogP contribution in [0.2, 0.25) is 0 Å². The number of ether oxygens (including phenoxy) is 1. The monoisotopic (exact) mass is 214 g/mol. The van der Waals surface area contributed by atoms with E-state index in [1.807, 2.05) is 0 Å². The molecule has 3 nitrogen and oxygen atoms in total. The lowest BCUT2D eigenvalue weighted by Crippen LogP contribution is -2.48. The van der Waals surface area contributed by atoms with Crippen LogP contribution in [0.3, 0.4) is 0 Å². The summed E-state index contributed by atoms with van der Waals surface area (Å²) in [6.07, 6.45) is 2.42. The van der Waals surface area contributed by atoms with E-state index in [0.717, 1.165) is 13.2 Å². The zero-order chi connectivity index (χ0) is 11.5. The number of rotatable bonds is 5. The third-order valence-electron chi connectivity index (χ3n) is 3.80. The fourth-order valence-electron chi connectivity index (χ4n) is 2.50. The highest BCUT2D eigenvalue weighted by Gasteiger charge is 2.39. The van der Waals surface area contributed by atoms with E-state index in [1.54, 1.807) is 0 Å².